The van der Waals surface area contributed by atoms with Gasteiger partial charge in [0, 0.05) is 0 Å². The van der Waals surface area contributed by atoms with Crippen molar-refractivity contribution in [2.24, 2.45) is 5.73 Å². The Morgan fingerprint density at radius 1 is 1.44 bits per heavy atom. The smallest absolute Gasteiger partial charge is 0.269 e. The Bertz CT molecular complexity index is 574. The molecule has 2 heterocycles. The van der Waals surface area contributed by atoms with Gasteiger partial charge in [-0.2, -0.15) is 0 Å². The van der Waals surface area contributed by atoms with Gasteiger partial charge in [-0.25, -0.2) is 4.98 Å². The van der Waals surface area contributed by atoms with Crippen molar-refractivity contribution in [2.45, 2.75) is 6.61 Å². The second kappa shape index (κ2) is 3.10. The number of primary amides is 1. The molecule has 0 radical (unpaired) electrons. The van der Waals surface area contributed by atoms with Crippen molar-refractivity contribution in [3.8, 4) is 11.4 Å². The molecule has 0 aliphatic carbocycles. The number of benzene rings is 1. The van der Waals surface area contributed by atoms with Gasteiger partial charge in [-0.3, -0.25) is 9.36 Å². The third kappa shape index (κ3) is 1.11. The van der Waals surface area contributed by atoms with Gasteiger partial charge in [0.25, 0.3) is 5.91 Å². The van der Waals surface area contributed by atoms with Crippen molar-refractivity contribution in [1.29, 1.82) is 0 Å². The molecule has 16 heavy (non-hydrogen) atoms. The summed E-state index contributed by atoms with van der Waals surface area (Å²) >= 11 is 0. The van der Waals surface area contributed by atoms with Gasteiger partial charge in [-0.05, 0) is 12.1 Å². The molecular formula is C11H9N3O2. The lowest BCUT2D eigenvalue weighted by atomic mass is 10.2. The van der Waals surface area contributed by atoms with E-state index in [1.165, 1.54) is 0 Å². The minimum absolute atomic E-state index is 0.273. The predicted octanol–water partition coefficient (Wildman–Crippen LogP) is 0.864. The van der Waals surface area contributed by atoms with Crippen LogP contribution in [-0.2, 0) is 6.61 Å². The molecule has 2 N–H and O–H groups in total. The number of nitrogens with zero attached hydrogens (tertiary/aromatic N) is 2. The Kier molecular flexibility index (Phi) is 1.73. The van der Waals surface area contributed by atoms with Crippen LogP contribution in [0.1, 0.15) is 16.2 Å². The van der Waals surface area contributed by atoms with E-state index in [1.54, 1.807) is 6.33 Å². The van der Waals surface area contributed by atoms with Crippen LogP contribution >= 0.6 is 0 Å². The average Bonchev–Trinajstić information content (AvgIpc) is 2.73. The molecule has 0 bridgehead atoms. The van der Waals surface area contributed by atoms with E-state index in [1.807, 2.05) is 28.8 Å². The Hall–Kier alpha value is -2.30. The summed E-state index contributed by atoms with van der Waals surface area (Å²) in [5.41, 5.74) is 7.08. The first-order chi connectivity index (χ1) is 7.77. The molecule has 1 aromatic carbocycles. The van der Waals surface area contributed by atoms with Crippen molar-refractivity contribution in [2.75, 3.05) is 0 Å². The average molecular weight is 215 g/mol. The van der Waals surface area contributed by atoms with Gasteiger partial charge in [-0.15, -0.1) is 0 Å². The van der Waals surface area contributed by atoms with Crippen LogP contribution in [0.15, 0.2) is 30.6 Å². The number of aromatic nitrogens is 2. The molecule has 0 saturated heterocycles. The fourth-order valence-electron chi connectivity index (χ4n) is 1.85. The van der Waals surface area contributed by atoms with Gasteiger partial charge >= 0.3 is 0 Å². The Morgan fingerprint density at radius 2 is 2.25 bits per heavy atom. The molecule has 3 rings (SSSR count). The van der Waals surface area contributed by atoms with E-state index in [9.17, 15) is 4.79 Å². The zero-order valence-electron chi connectivity index (χ0n) is 8.38. The first-order valence-electron chi connectivity index (χ1n) is 4.85. The van der Waals surface area contributed by atoms with Crippen molar-refractivity contribution in [3.05, 3.63) is 42.0 Å². The molecule has 0 spiro atoms. The van der Waals surface area contributed by atoms with E-state index in [4.69, 9.17) is 10.5 Å². The number of carbonyl (C=O) groups excluding carboxylic acids is 1. The standard InChI is InChI=1S/C11H9N3O2/c12-11(15)10-8-5-16-9-4-2-1-3-7(9)14(8)6-13-10/h1-4,6H,5H2,(H2,12,15). The summed E-state index contributed by atoms with van der Waals surface area (Å²) in [5, 5.41) is 0. The van der Waals surface area contributed by atoms with Crippen molar-refractivity contribution in [3.63, 3.8) is 0 Å². The highest BCUT2D eigenvalue weighted by Gasteiger charge is 2.22. The van der Waals surface area contributed by atoms with Gasteiger partial charge in [0.2, 0.25) is 0 Å². The van der Waals surface area contributed by atoms with Crippen LogP contribution in [0.2, 0.25) is 0 Å². The predicted molar refractivity (Wildman–Crippen MR) is 56.4 cm³/mol. The Morgan fingerprint density at radius 3 is 3.06 bits per heavy atom. The minimum Gasteiger partial charge on any atom is -0.485 e. The molecule has 1 aliphatic heterocycles. The molecule has 5 heteroatoms. The lowest BCUT2D eigenvalue weighted by Gasteiger charge is -2.19. The lowest BCUT2D eigenvalue weighted by Crippen LogP contribution is -2.18. The second-order valence-electron chi connectivity index (χ2n) is 3.53. The summed E-state index contributed by atoms with van der Waals surface area (Å²) in [5.74, 6) is 0.250. The van der Waals surface area contributed by atoms with Crippen LogP contribution in [-0.4, -0.2) is 15.5 Å². The SMILES string of the molecule is NC(=O)c1ncn2c1COc1ccccc1-2. The number of carbonyl (C=O) groups is 1. The topological polar surface area (TPSA) is 70.1 Å². The number of amides is 1. The van der Waals surface area contributed by atoms with E-state index in [0.29, 0.717) is 12.3 Å². The number of fused-ring (bicyclic) bond motifs is 3. The van der Waals surface area contributed by atoms with E-state index >= 15 is 0 Å². The van der Waals surface area contributed by atoms with Crippen LogP contribution in [0.4, 0.5) is 0 Å². The summed E-state index contributed by atoms with van der Waals surface area (Å²) in [6.45, 7) is 0.315. The molecular weight excluding hydrogens is 206 g/mol. The Balaban J connectivity index is 2.23. The highest BCUT2D eigenvalue weighted by atomic mass is 16.5. The first-order valence-corrected chi connectivity index (χ1v) is 4.85. The maximum Gasteiger partial charge on any atom is 0.269 e. The van der Waals surface area contributed by atoms with E-state index < -0.39 is 5.91 Å². The van der Waals surface area contributed by atoms with Gasteiger partial charge in [-0.1, -0.05) is 12.1 Å². The van der Waals surface area contributed by atoms with Crippen molar-refractivity contribution < 1.29 is 9.53 Å². The molecule has 0 atom stereocenters. The van der Waals surface area contributed by atoms with Gasteiger partial charge in [0.1, 0.15) is 18.7 Å². The molecule has 2 aromatic rings. The fraction of sp³-hybridized carbons (Fsp3) is 0.0909. The number of imidazole rings is 1. The third-order valence-corrected chi connectivity index (χ3v) is 2.59. The number of hydrogen-bond donors (Lipinski definition) is 1. The quantitative estimate of drug-likeness (QED) is 0.767. The number of rotatable bonds is 1. The van der Waals surface area contributed by atoms with E-state index in [2.05, 4.69) is 4.98 Å². The molecule has 1 amide bonds. The maximum atomic E-state index is 11.1. The monoisotopic (exact) mass is 215 g/mol. The summed E-state index contributed by atoms with van der Waals surface area (Å²) in [4.78, 5) is 15.1. The summed E-state index contributed by atoms with van der Waals surface area (Å²) in [7, 11) is 0. The zero-order valence-corrected chi connectivity index (χ0v) is 8.38. The van der Waals surface area contributed by atoms with Gasteiger partial charge in [0.05, 0.1) is 11.4 Å². The summed E-state index contributed by atoms with van der Waals surface area (Å²) < 4.78 is 7.36. The molecule has 0 unspecified atom stereocenters. The molecule has 0 saturated carbocycles. The summed E-state index contributed by atoms with van der Waals surface area (Å²) in [6.07, 6.45) is 1.59. The normalized spacial score (nSPS) is 12.5. The summed E-state index contributed by atoms with van der Waals surface area (Å²) in [6, 6.07) is 7.59. The Labute approximate surface area is 91.5 Å². The minimum atomic E-state index is -0.531. The highest BCUT2D eigenvalue weighted by molar-refractivity contribution is 5.92. The van der Waals surface area contributed by atoms with Crippen LogP contribution in [0, 0.1) is 0 Å². The molecule has 1 aromatic heterocycles. The van der Waals surface area contributed by atoms with Gasteiger partial charge in [0.15, 0.2) is 5.69 Å². The molecule has 5 nitrogen and oxygen atoms in total. The number of para-hydroxylation sites is 2. The van der Waals surface area contributed by atoms with Crippen LogP contribution in [0.25, 0.3) is 5.69 Å². The van der Waals surface area contributed by atoms with Crippen LogP contribution in [0.5, 0.6) is 5.75 Å². The second-order valence-corrected chi connectivity index (χ2v) is 3.53. The highest BCUT2D eigenvalue weighted by Crippen LogP contribution is 2.30. The maximum absolute atomic E-state index is 11.1. The lowest BCUT2D eigenvalue weighted by molar-refractivity contribution is 0.0993. The van der Waals surface area contributed by atoms with Gasteiger partial charge < -0.3 is 10.5 Å². The number of hydrogen-bond acceptors (Lipinski definition) is 3. The molecule has 1 aliphatic rings. The number of ether oxygens (including phenoxy) is 1. The largest absolute Gasteiger partial charge is 0.485 e. The van der Waals surface area contributed by atoms with E-state index in [-0.39, 0.29) is 5.69 Å². The third-order valence-electron chi connectivity index (χ3n) is 2.59. The number of nitrogens with two attached hydrogens (primary N) is 1. The van der Waals surface area contributed by atoms with E-state index in [0.717, 1.165) is 11.4 Å². The van der Waals surface area contributed by atoms with Crippen LogP contribution < -0.4 is 10.5 Å². The van der Waals surface area contributed by atoms with Crippen molar-refractivity contribution in [1.82, 2.24) is 9.55 Å². The van der Waals surface area contributed by atoms with Crippen LogP contribution in [0.3, 0.4) is 0 Å². The zero-order chi connectivity index (χ0) is 11.1. The fourth-order valence-corrected chi connectivity index (χ4v) is 1.85. The van der Waals surface area contributed by atoms with Crippen molar-refractivity contribution >= 4 is 5.91 Å². The molecule has 0 fully saturated rings. The molecule has 80 valence electrons. The first kappa shape index (κ1) is 8.96.